The lowest BCUT2D eigenvalue weighted by molar-refractivity contribution is 0.0289. The number of hydrogen-bond donors (Lipinski definition) is 0. The van der Waals surface area contributed by atoms with Crippen LogP contribution in [0.1, 0.15) is 26.4 Å². The minimum Gasteiger partial charge on any atom is -0.296 e. The van der Waals surface area contributed by atoms with Gasteiger partial charge in [0.05, 0.1) is 0 Å². The summed E-state index contributed by atoms with van der Waals surface area (Å²) in [4.78, 5) is 19.6. The van der Waals surface area contributed by atoms with Crippen molar-refractivity contribution in [2.45, 2.75) is 18.5 Å². The summed E-state index contributed by atoms with van der Waals surface area (Å²) >= 11 is 1.75. The number of fused-ring (bicyclic) bond motifs is 1. The number of piperazine rings is 1. The van der Waals surface area contributed by atoms with E-state index < -0.39 is 5.54 Å². The number of carbonyl (C=O) groups is 1. The van der Waals surface area contributed by atoms with Gasteiger partial charge < -0.3 is 0 Å². The Kier molecular flexibility index (Phi) is 5.01. The van der Waals surface area contributed by atoms with Crippen LogP contribution in [0.15, 0.2) is 60.0 Å². The molecule has 6 heteroatoms. The first-order valence-electron chi connectivity index (χ1n) is 10.2. The molecule has 154 valence electrons. The third-order valence-electron chi connectivity index (χ3n) is 6.31. The standard InChI is InChI=1S/C24H22F2N2OS/c25-19-4-1-3-18(14-19)24(15-17-13-20(26)6-7-22(17)23(24)29)28-10-8-27(9-11-28)16-21-5-2-12-30-21/h1-7,12-14H,8-11,15-16H2. The van der Waals surface area contributed by atoms with E-state index in [0.29, 0.717) is 36.2 Å². The van der Waals surface area contributed by atoms with E-state index in [9.17, 15) is 13.6 Å². The molecule has 0 radical (unpaired) electrons. The molecule has 2 aliphatic rings. The van der Waals surface area contributed by atoms with Gasteiger partial charge in [-0.25, -0.2) is 8.78 Å². The van der Waals surface area contributed by atoms with Crippen molar-refractivity contribution < 1.29 is 13.6 Å². The summed E-state index contributed by atoms with van der Waals surface area (Å²) in [6.07, 6.45) is 0.368. The Morgan fingerprint density at radius 2 is 1.73 bits per heavy atom. The number of halogens is 2. The molecular weight excluding hydrogens is 402 g/mol. The number of thiophene rings is 1. The molecule has 1 aromatic heterocycles. The highest BCUT2D eigenvalue weighted by Crippen LogP contribution is 2.43. The molecule has 1 aliphatic carbocycles. The average Bonchev–Trinajstić information content (AvgIpc) is 3.35. The highest BCUT2D eigenvalue weighted by Gasteiger charge is 2.51. The molecule has 2 aromatic carbocycles. The predicted octanol–water partition coefficient (Wildman–Crippen LogP) is 4.48. The molecule has 0 N–H and O–H groups in total. The molecule has 0 spiro atoms. The van der Waals surface area contributed by atoms with Gasteiger partial charge >= 0.3 is 0 Å². The zero-order valence-electron chi connectivity index (χ0n) is 16.5. The average molecular weight is 425 g/mol. The van der Waals surface area contributed by atoms with E-state index in [1.54, 1.807) is 23.5 Å². The molecule has 3 nitrogen and oxygen atoms in total. The first-order valence-corrected chi connectivity index (χ1v) is 11.0. The summed E-state index contributed by atoms with van der Waals surface area (Å²) < 4.78 is 28.0. The number of rotatable bonds is 4. The number of Topliss-reactive ketones (excluding diaryl/α,β-unsaturated/α-hetero) is 1. The van der Waals surface area contributed by atoms with Gasteiger partial charge in [-0.1, -0.05) is 18.2 Å². The first-order chi connectivity index (χ1) is 14.6. The molecule has 1 saturated heterocycles. The van der Waals surface area contributed by atoms with Gasteiger partial charge in [-0.3, -0.25) is 14.6 Å². The van der Waals surface area contributed by atoms with Crippen molar-refractivity contribution in [2.24, 2.45) is 0 Å². The van der Waals surface area contributed by atoms with Crippen LogP contribution in [0.2, 0.25) is 0 Å². The van der Waals surface area contributed by atoms with Crippen molar-refractivity contribution >= 4 is 17.1 Å². The fraction of sp³-hybridized carbons (Fsp3) is 0.292. The molecule has 5 rings (SSSR count). The second kappa shape index (κ2) is 7.69. The van der Waals surface area contributed by atoms with Gasteiger partial charge in [0.15, 0.2) is 5.78 Å². The zero-order valence-corrected chi connectivity index (χ0v) is 17.3. The smallest absolute Gasteiger partial charge is 0.188 e. The third kappa shape index (κ3) is 3.29. The molecule has 3 aromatic rings. The Hall–Kier alpha value is -2.41. The Labute approximate surface area is 178 Å². The van der Waals surface area contributed by atoms with Gasteiger partial charge in [0.1, 0.15) is 17.2 Å². The third-order valence-corrected chi connectivity index (χ3v) is 7.17. The lowest BCUT2D eigenvalue weighted by atomic mass is 9.83. The quantitative estimate of drug-likeness (QED) is 0.617. The highest BCUT2D eigenvalue weighted by atomic mass is 32.1. The normalized spacial score (nSPS) is 22.4. The highest BCUT2D eigenvalue weighted by molar-refractivity contribution is 7.09. The number of ketones is 1. The molecule has 1 unspecified atom stereocenters. The summed E-state index contributed by atoms with van der Waals surface area (Å²) in [5.41, 5.74) is 0.913. The van der Waals surface area contributed by atoms with E-state index in [4.69, 9.17) is 0 Å². The molecule has 30 heavy (non-hydrogen) atoms. The Morgan fingerprint density at radius 1 is 0.933 bits per heavy atom. The van der Waals surface area contributed by atoms with Crippen LogP contribution in [-0.2, 0) is 18.5 Å². The van der Waals surface area contributed by atoms with Gasteiger partial charge in [-0.15, -0.1) is 11.3 Å². The van der Waals surface area contributed by atoms with Crippen molar-refractivity contribution in [2.75, 3.05) is 26.2 Å². The number of carbonyl (C=O) groups excluding carboxylic acids is 1. The molecule has 0 bridgehead atoms. The van der Waals surface area contributed by atoms with Crippen LogP contribution in [0.3, 0.4) is 0 Å². The van der Waals surface area contributed by atoms with Crippen LogP contribution in [0.4, 0.5) is 8.78 Å². The van der Waals surface area contributed by atoms with E-state index >= 15 is 0 Å². The van der Waals surface area contributed by atoms with Crippen molar-refractivity contribution in [3.05, 3.63) is 93.2 Å². The van der Waals surface area contributed by atoms with Gasteiger partial charge in [0.25, 0.3) is 0 Å². The summed E-state index contributed by atoms with van der Waals surface area (Å²) in [5.74, 6) is -0.773. The molecular formula is C24H22F2N2OS. The Morgan fingerprint density at radius 3 is 2.47 bits per heavy atom. The van der Waals surface area contributed by atoms with Crippen molar-refractivity contribution in [3.8, 4) is 0 Å². The zero-order chi connectivity index (χ0) is 20.7. The Bertz CT molecular complexity index is 1080. The summed E-state index contributed by atoms with van der Waals surface area (Å²) in [6, 6.07) is 14.9. The maximum Gasteiger partial charge on any atom is 0.188 e. The molecule has 0 saturated carbocycles. The SMILES string of the molecule is O=C1c2ccc(F)cc2CC1(c1cccc(F)c1)N1CCN(Cc2cccs2)CC1. The monoisotopic (exact) mass is 424 g/mol. The fourth-order valence-corrected chi connectivity index (χ4v) is 5.58. The van der Waals surface area contributed by atoms with Gasteiger partial charge in [0, 0.05) is 49.6 Å². The molecule has 2 heterocycles. The summed E-state index contributed by atoms with van der Waals surface area (Å²) in [5, 5.41) is 2.08. The number of benzene rings is 2. The lowest BCUT2D eigenvalue weighted by Crippen LogP contribution is -2.58. The van der Waals surface area contributed by atoms with Crippen LogP contribution in [-0.4, -0.2) is 41.8 Å². The maximum absolute atomic E-state index is 14.2. The number of hydrogen-bond acceptors (Lipinski definition) is 4. The summed E-state index contributed by atoms with van der Waals surface area (Å²) in [6.45, 7) is 3.95. The van der Waals surface area contributed by atoms with Crippen LogP contribution >= 0.6 is 11.3 Å². The molecule has 1 aliphatic heterocycles. The van der Waals surface area contributed by atoms with Gasteiger partial charge in [-0.2, -0.15) is 0 Å². The lowest BCUT2D eigenvalue weighted by Gasteiger charge is -2.45. The molecule has 1 atom stereocenters. The topological polar surface area (TPSA) is 23.6 Å². The van der Waals surface area contributed by atoms with E-state index in [0.717, 1.165) is 19.6 Å². The van der Waals surface area contributed by atoms with E-state index in [1.165, 1.54) is 29.1 Å². The van der Waals surface area contributed by atoms with Gasteiger partial charge in [0.2, 0.25) is 0 Å². The van der Waals surface area contributed by atoms with Crippen LogP contribution < -0.4 is 0 Å². The van der Waals surface area contributed by atoms with Crippen LogP contribution in [0, 0.1) is 11.6 Å². The van der Waals surface area contributed by atoms with E-state index in [1.807, 2.05) is 6.07 Å². The minimum atomic E-state index is -0.979. The molecule has 0 amide bonds. The van der Waals surface area contributed by atoms with Crippen molar-refractivity contribution in [1.29, 1.82) is 0 Å². The first kappa shape index (κ1) is 19.5. The van der Waals surface area contributed by atoms with Gasteiger partial charge in [-0.05, 0) is 52.9 Å². The Balaban J connectivity index is 1.47. The maximum atomic E-state index is 14.2. The van der Waals surface area contributed by atoms with Crippen molar-refractivity contribution in [1.82, 2.24) is 9.80 Å². The predicted molar refractivity (Wildman–Crippen MR) is 114 cm³/mol. The number of nitrogens with zero attached hydrogens (tertiary/aromatic N) is 2. The van der Waals surface area contributed by atoms with Crippen LogP contribution in [0.5, 0.6) is 0 Å². The second-order valence-electron chi connectivity index (χ2n) is 8.02. The molecule has 1 fully saturated rings. The minimum absolute atomic E-state index is 0.0604. The second-order valence-corrected chi connectivity index (χ2v) is 9.05. The van der Waals surface area contributed by atoms with Crippen LogP contribution in [0.25, 0.3) is 0 Å². The summed E-state index contributed by atoms with van der Waals surface area (Å²) in [7, 11) is 0. The van der Waals surface area contributed by atoms with Crippen molar-refractivity contribution in [3.63, 3.8) is 0 Å². The largest absolute Gasteiger partial charge is 0.296 e. The van der Waals surface area contributed by atoms with E-state index in [-0.39, 0.29) is 17.4 Å². The van der Waals surface area contributed by atoms with E-state index in [2.05, 4.69) is 27.3 Å². The fourth-order valence-electron chi connectivity index (χ4n) is 4.84.